The van der Waals surface area contributed by atoms with Gasteiger partial charge < -0.3 is 16.2 Å². The van der Waals surface area contributed by atoms with E-state index in [-0.39, 0.29) is 11.7 Å². The first-order valence-electron chi connectivity index (χ1n) is 6.56. The Bertz CT molecular complexity index is 641. The summed E-state index contributed by atoms with van der Waals surface area (Å²) in [5.41, 5.74) is 8.56. The van der Waals surface area contributed by atoms with Crippen LogP contribution in [0.5, 0.6) is 5.75 Å². The molecule has 0 spiro atoms. The lowest BCUT2D eigenvalue weighted by molar-refractivity contribution is -0.117. The topological polar surface area (TPSA) is 75.4 Å². The Morgan fingerprint density at radius 3 is 2.62 bits per heavy atom. The summed E-state index contributed by atoms with van der Waals surface area (Å²) in [4.78, 5) is 12.1. The van der Waals surface area contributed by atoms with Crippen LogP contribution in [0.1, 0.15) is 11.1 Å². The number of nitrogens with two attached hydrogens (primary N) is 1. The van der Waals surface area contributed by atoms with Gasteiger partial charge >= 0.3 is 0 Å². The molecule has 5 heteroatoms. The zero-order valence-corrected chi connectivity index (χ0v) is 13.2. The second-order valence-electron chi connectivity index (χ2n) is 4.93. The first-order valence-corrected chi connectivity index (χ1v) is 7.35. The number of aromatic hydroxyl groups is 1. The van der Waals surface area contributed by atoms with Crippen LogP contribution < -0.4 is 11.1 Å². The predicted molar refractivity (Wildman–Crippen MR) is 87.3 cm³/mol. The van der Waals surface area contributed by atoms with E-state index in [1.165, 1.54) is 0 Å². The highest BCUT2D eigenvalue weighted by atomic mass is 79.9. The lowest BCUT2D eigenvalue weighted by atomic mass is 10.1. The molecule has 0 aliphatic carbocycles. The number of amides is 1. The fourth-order valence-electron chi connectivity index (χ4n) is 1.93. The maximum absolute atomic E-state index is 12.1. The van der Waals surface area contributed by atoms with E-state index in [1.807, 2.05) is 25.1 Å². The van der Waals surface area contributed by atoms with Crippen LogP contribution in [0.3, 0.4) is 0 Å². The predicted octanol–water partition coefficient (Wildman–Crippen LogP) is 2.97. The molecule has 0 aromatic heterocycles. The molecule has 1 amide bonds. The number of benzene rings is 2. The average molecular weight is 349 g/mol. The average Bonchev–Trinajstić information content (AvgIpc) is 2.45. The summed E-state index contributed by atoms with van der Waals surface area (Å²) < 4.78 is 0.899. The van der Waals surface area contributed by atoms with Crippen LogP contribution in [0.15, 0.2) is 46.9 Å². The summed E-state index contributed by atoms with van der Waals surface area (Å²) in [6, 6.07) is 11.7. The minimum Gasteiger partial charge on any atom is -0.508 e. The quantitative estimate of drug-likeness (QED) is 0.794. The van der Waals surface area contributed by atoms with E-state index in [9.17, 15) is 9.90 Å². The highest BCUT2D eigenvalue weighted by molar-refractivity contribution is 9.10. The van der Waals surface area contributed by atoms with Crippen LogP contribution in [0, 0.1) is 6.92 Å². The van der Waals surface area contributed by atoms with Crippen LogP contribution in [0.2, 0.25) is 0 Å². The largest absolute Gasteiger partial charge is 0.508 e. The van der Waals surface area contributed by atoms with E-state index >= 15 is 0 Å². The molecule has 2 aromatic carbocycles. The van der Waals surface area contributed by atoms with Gasteiger partial charge in [0, 0.05) is 10.2 Å². The number of phenols is 1. The summed E-state index contributed by atoms with van der Waals surface area (Å²) in [7, 11) is 0. The van der Waals surface area contributed by atoms with E-state index in [0.717, 1.165) is 21.3 Å². The maximum atomic E-state index is 12.1. The Morgan fingerprint density at radius 1 is 1.29 bits per heavy atom. The summed E-state index contributed by atoms with van der Waals surface area (Å²) in [6.07, 6.45) is 0.416. The molecule has 1 unspecified atom stereocenters. The third-order valence-corrected chi connectivity index (χ3v) is 3.68. The Hall–Kier alpha value is -1.85. The Labute approximate surface area is 132 Å². The Morgan fingerprint density at radius 2 is 1.95 bits per heavy atom. The molecule has 4 N–H and O–H groups in total. The van der Waals surface area contributed by atoms with Crippen molar-refractivity contribution in [2.75, 3.05) is 5.32 Å². The molecule has 110 valence electrons. The molecular formula is C16H17BrN2O2. The first kappa shape index (κ1) is 15.5. The molecule has 0 saturated carbocycles. The van der Waals surface area contributed by atoms with Crippen molar-refractivity contribution in [3.05, 3.63) is 58.1 Å². The highest BCUT2D eigenvalue weighted by Crippen LogP contribution is 2.21. The Balaban J connectivity index is 2.02. The van der Waals surface area contributed by atoms with Crippen molar-refractivity contribution >= 4 is 27.5 Å². The zero-order valence-electron chi connectivity index (χ0n) is 11.6. The minimum absolute atomic E-state index is 0.196. The molecule has 0 heterocycles. The molecule has 0 fully saturated rings. The van der Waals surface area contributed by atoms with E-state index in [4.69, 9.17) is 5.73 Å². The number of halogens is 1. The molecular weight excluding hydrogens is 332 g/mol. The molecule has 0 saturated heterocycles. The van der Waals surface area contributed by atoms with E-state index in [2.05, 4.69) is 21.2 Å². The lowest BCUT2D eigenvalue weighted by Crippen LogP contribution is -2.37. The van der Waals surface area contributed by atoms with Crippen molar-refractivity contribution < 1.29 is 9.90 Å². The minimum atomic E-state index is -0.645. The first-order chi connectivity index (χ1) is 9.95. The summed E-state index contributed by atoms with van der Waals surface area (Å²) >= 11 is 3.38. The van der Waals surface area contributed by atoms with Crippen molar-refractivity contribution in [3.8, 4) is 5.75 Å². The standard InChI is InChI=1S/C16H17BrN2O2/c1-10-2-5-12(17)9-15(10)19-16(21)14(18)8-11-3-6-13(20)7-4-11/h2-7,9,14,20H,8,18H2,1H3,(H,19,21). The lowest BCUT2D eigenvalue weighted by Gasteiger charge is -2.14. The molecule has 2 aromatic rings. The number of rotatable bonds is 4. The van der Waals surface area contributed by atoms with Gasteiger partial charge in [-0.05, 0) is 48.7 Å². The molecule has 4 nitrogen and oxygen atoms in total. The smallest absolute Gasteiger partial charge is 0.241 e. The fraction of sp³-hybridized carbons (Fsp3) is 0.188. The normalized spacial score (nSPS) is 12.0. The summed E-state index contributed by atoms with van der Waals surface area (Å²) in [6.45, 7) is 1.92. The summed E-state index contributed by atoms with van der Waals surface area (Å²) in [5, 5.41) is 12.1. The van der Waals surface area contributed by atoms with E-state index in [1.54, 1.807) is 24.3 Å². The number of phenolic OH excluding ortho intramolecular Hbond substituents is 1. The molecule has 1 atom stereocenters. The van der Waals surface area contributed by atoms with Gasteiger partial charge in [-0.1, -0.05) is 34.1 Å². The van der Waals surface area contributed by atoms with Gasteiger partial charge in [0.2, 0.25) is 5.91 Å². The number of aryl methyl sites for hydroxylation is 1. The number of anilines is 1. The zero-order chi connectivity index (χ0) is 15.4. The van der Waals surface area contributed by atoms with Gasteiger partial charge in [-0.2, -0.15) is 0 Å². The van der Waals surface area contributed by atoms with Crippen LogP contribution in [-0.2, 0) is 11.2 Å². The van der Waals surface area contributed by atoms with Gasteiger partial charge in [0.15, 0.2) is 0 Å². The SMILES string of the molecule is Cc1ccc(Br)cc1NC(=O)C(N)Cc1ccc(O)cc1. The second-order valence-corrected chi connectivity index (χ2v) is 5.84. The van der Waals surface area contributed by atoms with Crippen molar-refractivity contribution in [1.29, 1.82) is 0 Å². The van der Waals surface area contributed by atoms with Gasteiger partial charge in [-0.15, -0.1) is 0 Å². The molecule has 0 bridgehead atoms. The van der Waals surface area contributed by atoms with Crippen molar-refractivity contribution in [3.63, 3.8) is 0 Å². The molecule has 0 aliphatic heterocycles. The van der Waals surface area contributed by atoms with E-state index in [0.29, 0.717) is 6.42 Å². The molecule has 21 heavy (non-hydrogen) atoms. The monoisotopic (exact) mass is 348 g/mol. The number of hydrogen-bond donors (Lipinski definition) is 3. The fourth-order valence-corrected chi connectivity index (χ4v) is 2.29. The van der Waals surface area contributed by atoms with Crippen molar-refractivity contribution in [2.24, 2.45) is 5.73 Å². The van der Waals surface area contributed by atoms with Gasteiger partial charge in [0.05, 0.1) is 6.04 Å². The molecule has 0 aliphatic rings. The van der Waals surface area contributed by atoms with Gasteiger partial charge in [-0.25, -0.2) is 0 Å². The molecule has 0 radical (unpaired) electrons. The number of carbonyl (C=O) groups excluding carboxylic acids is 1. The third kappa shape index (κ3) is 4.31. The summed E-state index contributed by atoms with van der Waals surface area (Å²) in [5.74, 6) is -0.0363. The highest BCUT2D eigenvalue weighted by Gasteiger charge is 2.15. The maximum Gasteiger partial charge on any atom is 0.241 e. The van der Waals surface area contributed by atoms with Gasteiger partial charge in [-0.3, -0.25) is 4.79 Å². The van der Waals surface area contributed by atoms with Crippen LogP contribution in [0.25, 0.3) is 0 Å². The van der Waals surface area contributed by atoms with Crippen molar-refractivity contribution in [2.45, 2.75) is 19.4 Å². The van der Waals surface area contributed by atoms with Crippen LogP contribution in [0.4, 0.5) is 5.69 Å². The van der Waals surface area contributed by atoms with Gasteiger partial charge in [0.1, 0.15) is 5.75 Å². The molecule has 2 rings (SSSR count). The van der Waals surface area contributed by atoms with Crippen LogP contribution in [-0.4, -0.2) is 17.1 Å². The number of nitrogens with one attached hydrogen (secondary N) is 1. The second kappa shape index (κ2) is 6.74. The van der Waals surface area contributed by atoms with Crippen molar-refractivity contribution in [1.82, 2.24) is 0 Å². The number of carbonyl (C=O) groups is 1. The van der Waals surface area contributed by atoms with Crippen LogP contribution >= 0.6 is 15.9 Å². The third-order valence-electron chi connectivity index (χ3n) is 3.19. The number of hydrogen-bond acceptors (Lipinski definition) is 3. The van der Waals surface area contributed by atoms with E-state index < -0.39 is 6.04 Å². The van der Waals surface area contributed by atoms with Gasteiger partial charge in [0.25, 0.3) is 0 Å². The Kier molecular flexibility index (Phi) is 4.98.